The van der Waals surface area contributed by atoms with Gasteiger partial charge >= 0.3 is 0 Å². The van der Waals surface area contributed by atoms with E-state index in [0.717, 1.165) is 5.56 Å². The Morgan fingerprint density at radius 1 is 1.38 bits per heavy atom. The zero-order valence-corrected chi connectivity index (χ0v) is 13.1. The summed E-state index contributed by atoms with van der Waals surface area (Å²) in [7, 11) is 1.51. The number of benzene rings is 1. The van der Waals surface area contributed by atoms with Crippen molar-refractivity contribution in [3.05, 3.63) is 35.9 Å². The van der Waals surface area contributed by atoms with Crippen LogP contribution in [0.1, 0.15) is 11.9 Å². The summed E-state index contributed by atoms with van der Waals surface area (Å²) in [5, 5.41) is 10.5. The molecule has 0 spiro atoms. The molecule has 0 bridgehead atoms. The molecule has 2 rings (SSSR count). The monoisotopic (exact) mass is 336 g/mol. The highest BCUT2D eigenvalue weighted by Crippen LogP contribution is 2.36. The van der Waals surface area contributed by atoms with Gasteiger partial charge in [0.25, 0.3) is 0 Å². The summed E-state index contributed by atoms with van der Waals surface area (Å²) in [6, 6.07) is 9.41. The summed E-state index contributed by atoms with van der Waals surface area (Å²) in [6.45, 7) is 0.125. The van der Waals surface area contributed by atoms with Gasteiger partial charge < -0.3 is 24.1 Å². The van der Waals surface area contributed by atoms with Crippen molar-refractivity contribution in [2.75, 3.05) is 27.1 Å². The average molecular weight is 337 g/mol. The number of ether oxygens (including phenoxy) is 4. The number of halogens is 2. The number of hydrogen-bond acceptors (Lipinski definition) is 5. The molecule has 0 radical (unpaired) electrons. The first-order valence-electron chi connectivity index (χ1n) is 6.47. The molecule has 7 heteroatoms. The van der Waals surface area contributed by atoms with Gasteiger partial charge in [-0.15, -0.1) is 23.2 Å². The molecule has 1 fully saturated rings. The molecular weight excluding hydrogens is 319 g/mol. The molecule has 0 saturated carbocycles. The Morgan fingerprint density at radius 2 is 2.10 bits per heavy atom. The molecule has 21 heavy (non-hydrogen) atoms. The Kier molecular flexibility index (Phi) is 6.25. The van der Waals surface area contributed by atoms with Gasteiger partial charge in [0.2, 0.25) is 0 Å². The molecule has 1 aliphatic heterocycles. The van der Waals surface area contributed by atoms with Crippen LogP contribution in [0, 0.1) is 0 Å². The van der Waals surface area contributed by atoms with E-state index in [4.69, 9.17) is 42.1 Å². The van der Waals surface area contributed by atoms with Crippen molar-refractivity contribution in [3.63, 3.8) is 0 Å². The van der Waals surface area contributed by atoms with E-state index in [1.54, 1.807) is 0 Å². The molecular formula is C14H18Cl2O5. The molecule has 3 atom stereocenters. The lowest BCUT2D eigenvalue weighted by Crippen LogP contribution is -2.58. The smallest absolute Gasteiger partial charge is 0.184 e. The van der Waals surface area contributed by atoms with E-state index in [9.17, 15) is 5.11 Å². The third kappa shape index (κ3) is 4.07. The van der Waals surface area contributed by atoms with Gasteiger partial charge in [-0.2, -0.15) is 0 Å². The van der Waals surface area contributed by atoms with Crippen LogP contribution in [0.5, 0.6) is 0 Å². The second-order valence-electron chi connectivity index (χ2n) is 4.75. The van der Waals surface area contributed by atoms with Gasteiger partial charge in [-0.25, -0.2) is 0 Å². The number of methoxy groups -OCH3 is 1. The zero-order valence-electron chi connectivity index (χ0n) is 11.6. The quantitative estimate of drug-likeness (QED) is 0.490. The van der Waals surface area contributed by atoms with E-state index in [-0.39, 0.29) is 20.0 Å². The summed E-state index contributed by atoms with van der Waals surface area (Å²) >= 11 is 11.7. The van der Waals surface area contributed by atoms with Gasteiger partial charge in [0.05, 0.1) is 13.2 Å². The van der Waals surface area contributed by atoms with Crippen molar-refractivity contribution in [2.24, 2.45) is 0 Å². The molecule has 5 nitrogen and oxygen atoms in total. The predicted molar refractivity (Wildman–Crippen MR) is 78.3 cm³/mol. The van der Waals surface area contributed by atoms with Crippen molar-refractivity contribution in [1.29, 1.82) is 0 Å². The van der Waals surface area contributed by atoms with Crippen LogP contribution in [-0.4, -0.2) is 48.8 Å². The minimum absolute atomic E-state index is 0.0504. The summed E-state index contributed by atoms with van der Waals surface area (Å²) in [4.78, 5) is -1.06. The van der Waals surface area contributed by atoms with Crippen LogP contribution in [0.4, 0.5) is 0 Å². The first kappa shape index (κ1) is 17.0. The lowest BCUT2D eigenvalue weighted by molar-refractivity contribution is -0.300. The highest BCUT2D eigenvalue weighted by molar-refractivity contribution is 6.45. The highest BCUT2D eigenvalue weighted by Gasteiger charge is 2.49. The molecule has 0 aliphatic carbocycles. The van der Waals surface area contributed by atoms with E-state index in [1.165, 1.54) is 7.11 Å². The fourth-order valence-electron chi connectivity index (χ4n) is 2.02. The third-order valence-corrected chi connectivity index (χ3v) is 3.99. The van der Waals surface area contributed by atoms with Crippen LogP contribution >= 0.6 is 23.2 Å². The zero-order chi connectivity index (χ0) is 15.3. The predicted octanol–water partition coefficient (Wildman–Crippen LogP) is 2.26. The van der Waals surface area contributed by atoms with Gasteiger partial charge in [-0.3, -0.25) is 0 Å². The van der Waals surface area contributed by atoms with Crippen molar-refractivity contribution in [2.45, 2.75) is 22.8 Å². The average Bonchev–Trinajstić information content (AvgIpc) is 2.50. The van der Waals surface area contributed by atoms with Crippen molar-refractivity contribution < 1.29 is 24.1 Å². The lowest BCUT2D eigenvalue weighted by atomic mass is 9.98. The summed E-state index contributed by atoms with van der Waals surface area (Å²) in [5.41, 5.74) is -0.695. The maximum atomic E-state index is 10.5. The Labute approximate surface area is 133 Å². The van der Waals surface area contributed by atoms with Crippen LogP contribution in [0.3, 0.4) is 0 Å². The number of hydrogen-bond donors (Lipinski definition) is 1. The summed E-state index contributed by atoms with van der Waals surface area (Å²) in [6.07, 6.45) is -1.33. The molecule has 0 amide bonds. The van der Waals surface area contributed by atoms with Gasteiger partial charge in [-0.1, -0.05) is 30.3 Å². The second-order valence-corrected chi connectivity index (χ2v) is 5.84. The van der Waals surface area contributed by atoms with E-state index in [0.29, 0.717) is 0 Å². The molecule has 1 aromatic carbocycles. The number of rotatable bonds is 6. The van der Waals surface area contributed by atoms with Gasteiger partial charge in [0.15, 0.2) is 6.29 Å². The fourth-order valence-corrected chi connectivity index (χ4v) is 2.43. The number of aliphatic hydroxyl groups is 1. The summed E-state index contributed by atoms with van der Waals surface area (Å²) in [5.74, 6) is 0. The molecule has 1 saturated heterocycles. The molecule has 0 unspecified atom stereocenters. The molecule has 1 heterocycles. The molecule has 1 aliphatic rings. The van der Waals surface area contributed by atoms with E-state index in [2.05, 4.69) is 0 Å². The lowest BCUT2D eigenvalue weighted by Gasteiger charge is -2.43. The Morgan fingerprint density at radius 3 is 2.71 bits per heavy atom. The van der Waals surface area contributed by atoms with Gasteiger partial charge in [0, 0.05) is 12.7 Å². The normalized spacial score (nSPS) is 29.8. The highest BCUT2D eigenvalue weighted by atomic mass is 35.5. The first-order chi connectivity index (χ1) is 10.1. The first-order valence-corrected chi connectivity index (χ1v) is 7.34. The standard InChI is InChI=1S/C14H18Cl2O5/c1-18-9-19-7-11-14(17,13(15)16)8-20-12(21-11)10-5-3-2-4-6-10/h2-6,11-13,17H,7-9H2,1H3/t11-,12+,14-/m0/s1. The maximum absolute atomic E-state index is 10.5. The molecule has 1 N–H and O–H groups in total. The van der Waals surface area contributed by atoms with Crippen molar-refractivity contribution in [3.8, 4) is 0 Å². The van der Waals surface area contributed by atoms with Crippen LogP contribution in [0.15, 0.2) is 30.3 Å². The van der Waals surface area contributed by atoms with E-state index >= 15 is 0 Å². The third-order valence-electron chi connectivity index (χ3n) is 3.23. The largest absolute Gasteiger partial charge is 0.382 e. The van der Waals surface area contributed by atoms with Gasteiger partial charge in [0.1, 0.15) is 23.3 Å². The summed E-state index contributed by atoms with van der Waals surface area (Å²) < 4.78 is 21.4. The number of alkyl halides is 2. The Hall–Kier alpha value is -0.400. The van der Waals surface area contributed by atoms with Gasteiger partial charge in [-0.05, 0) is 0 Å². The Balaban J connectivity index is 2.09. The topological polar surface area (TPSA) is 57.2 Å². The fraction of sp³-hybridized carbons (Fsp3) is 0.571. The van der Waals surface area contributed by atoms with Crippen LogP contribution in [0.25, 0.3) is 0 Å². The molecule has 1 aromatic rings. The van der Waals surface area contributed by atoms with E-state index < -0.39 is 22.8 Å². The second kappa shape index (κ2) is 7.74. The molecule has 0 aromatic heterocycles. The molecule has 118 valence electrons. The Bertz CT molecular complexity index is 431. The van der Waals surface area contributed by atoms with Crippen LogP contribution < -0.4 is 0 Å². The van der Waals surface area contributed by atoms with Crippen molar-refractivity contribution >= 4 is 23.2 Å². The van der Waals surface area contributed by atoms with Crippen LogP contribution in [-0.2, 0) is 18.9 Å². The maximum Gasteiger partial charge on any atom is 0.184 e. The van der Waals surface area contributed by atoms with E-state index in [1.807, 2.05) is 30.3 Å². The van der Waals surface area contributed by atoms with Crippen LogP contribution in [0.2, 0.25) is 0 Å². The van der Waals surface area contributed by atoms with Crippen molar-refractivity contribution in [1.82, 2.24) is 0 Å². The minimum Gasteiger partial charge on any atom is -0.382 e. The minimum atomic E-state index is -1.54. The SMILES string of the molecule is COCOC[C@@H]1O[C@H](c2ccccc2)OC[C@@]1(O)C(Cl)Cl.